The molecule has 5 nitrogen and oxygen atoms in total. The molecule has 7 heteroatoms. The Labute approximate surface area is 127 Å². The van der Waals surface area contributed by atoms with Crippen molar-refractivity contribution in [1.29, 1.82) is 0 Å². The number of esters is 1. The fraction of sp³-hybridized carbons (Fsp3) is 0.467. The molecule has 22 heavy (non-hydrogen) atoms. The van der Waals surface area contributed by atoms with Gasteiger partial charge in [0.05, 0.1) is 19.6 Å². The van der Waals surface area contributed by atoms with Crippen LogP contribution in [0, 0.1) is 17.6 Å². The number of hydrogen-bond acceptors (Lipinski definition) is 4. The molecule has 1 aromatic carbocycles. The topological polar surface area (TPSA) is 55.8 Å². The van der Waals surface area contributed by atoms with E-state index in [0.29, 0.717) is 0 Å². The van der Waals surface area contributed by atoms with Crippen LogP contribution in [0.25, 0.3) is 0 Å². The van der Waals surface area contributed by atoms with Crippen molar-refractivity contribution in [1.82, 2.24) is 4.90 Å². The number of nitrogens with zero attached hydrogens (tertiary/aromatic N) is 1. The number of halogens is 2. The summed E-state index contributed by atoms with van der Waals surface area (Å²) in [5.41, 5.74) is 0.00655. The largest absolute Gasteiger partial charge is 0.469 e. The van der Waals surface area contributed by atoms with Gasteiger partial charge in [0.1, 0.15) is 0 Å². The normalized spacial score (nSPS) is 11.9. The highest BCUT2D eigenvalue weighted by Gasteiger charge is 2.23. The Morgan fingerprint density at radius 2 is 1.91 bits per heavy atom. The van der Waals surface area contributed by atoms with Crippen LogP contribution in [-0.4, -0.2) is 50.7 Å². The van der Waals surface area contributed by atoms with Crippen molar-refractivity contribution >= 4 is 11.9 Å². The van der Waals surface area contributed by atoms with Crippen LogP contribution in [0.2, 0.25) is 0 Å². The zero-order valence-corrected chi connectivity index (χ0v) is 12.8. The van der Waals surface area contributed by atoms with E-state index in [4.69, 9.17) is 4.74 Å². The van der Waals surface area contributed by atoms with Crippen LogP contribution in [0.4, 0.5) is 8.78 Å². The van der Waals surface area contributed by atoms with Crippen LogP contribution in [-0.2, 0) is 14.3 Å². The molecule has 0 heterocycles. The fourth-order valence-electron chi connectivity index (χ4n) is 1.90. The Morgan fingerprint density at radius 1 is 1.23 bits per heavy atom. The fourth-order valence-corrected chi connectivity index (χ4v) is 1.90. The second-order valence-electron chi connectivity index (χ2n) is 4.80. The SMILES string of the molecule is COCCN(CC(C)C(=O)OC)C(=O)c1ccc(F)c(F)c1. The average molecular weight is 315 g/mol. The molecule has 0 saturated carbocycles. The predicted octanol–water partition coefficient (Wildman–Crippen LogP) is 1.86. The van der Waals surface area contributed by atoms with Gasteiger partial charge < -0.3 is 14.4 Å². The Balaban J connectivity index is 2.91. The number of carbonyl (C=O) groups excluding carboxylic acids is 2. The Bertz CT molecular complexity index is 536. The minimum absolute atomic E-state index is 0.00655. The molecule has 0 aliphatic carbocycles. The Kier molecular flexibility index (Phi) is 6.91. The van der Waals surface area contributed by atoms with Crippen molar-refractivity contribution in [2.75, 3.05) is 33.9 Å². The third kappa shape index (κ3) is 4.77. The van der Waals surface area contributed by atoms with Crippen molar-refractivity contribution in [2.24, 2.45) is 5.92 Å². The number of benzene rings is 1. The van der Waals surface area contributed by atoms with E-state index in [0.717, 1.165) is 12.1 Å². The van der Waals surface area contributed by atoms with Crippen LogP contribution < -0.4 is 0 Å². The lowest BCUT2D eigenvalue weighted by Gasteiger charge is -2.25. The molecule has 1 unspecified atom stereocenters. The lowest BCUT2D eigenvalue weighted by Crippen LogP contribution is -2.39. The van der Waals surface area contributed by atoms with Gasteiger partial charge in [0.2, 0.25) is 0 Å². The van der Waals surface area contributed by atoms with E-state index in [1.807, 2.05) is 0 Å². The van der Waals surface area contributed by atoms with Crippen molar-refractivity contribution in [3.8, 4) is 0 Å². The van der Waals surface area contributed by atoms with Crippen molar-refractivity contribution < 1.29 is 27.8 Å². The van der Waals surface area contributed by atoms with Gasteiger partial charge in [0, 0.05) is 25.8 Å². The van der Waals surface area contributed by atoms with Crippen LogP contribution in [0.3, 0.4) is 0 Å². The molecule has 0 bridgehead atoms. The molecule has 0 radical (unpaired) electrons. The van der Waals surface area contributed by atoms with Crippen molar-refractivity contribution in [2.45, 2.75) is 6.92 Å². The van der Waals surface area contributed by atoms with Gasteiger partial charge in [-0.1, -0.05) is 6.92 Å². The van der Waals surface area contributed by atoms with Crippen molar-refractivity contribution in [3.05, 3.63) is 35.4 Å². The maximum atomic E-state index is 13.3. The minimum Gasteiger partial charge on any atom is -0.469 e. The van der Waals surface area contributed by atoms with Gasteiger partial charge >= 0.3 is 5.97 Å². The highest BCUT2D eigenvalue weighted by Crippen LogP contribution is 2.13. The van der Waals surface area contributed by atoms with E-state index in [9.17, 15) is 18.4 Å². The Morgan fingerprint density at radius 3 is 2.45 bits per heavy atom. The number of ether oxygens (including phenoxy) is 2. The minimum atomic E-state index is -1.10. The van der Waals surface area contributed by atoms with Gasteiger partial charge in [-0.05, 0) is 18.2 Å². The molecule has 0 fully saturated rings. The van der Waals surface area contributed by atoms with E-state index < -0.39 is 29.4 Å². The van der Waals surface area contributed by atoms with Gasteiger partial charge in [0.25, 0.3) is 5.91 Å². The third-order valence-electron chi connectivity index (χ3n) is 3.12. The summed E-state index contributed by atoms with van der Waals surface area (Å²) in [6, 6.07) is 2.92. The number of methoxy groups -OCH3 is 2. The third-order valence-corrected chi connectivity index (χ3v) is 3.12. The first-order valence-corrected chi connectivity index (χ1v) is 6.71. The summed E-state index contributed by atoms with van der Waals surface area (Å²) in [6.45, 7) is 2.18. The first kappa shape index (κ1) is 18.0. The van der Waals surface area contributed by atoms with Gasteiger partial charge in [-0.2, -0.15) is 0 Å². The summed E-state index contributed by atoms with van der Waals surface area (Å²) in [4.78, 5) is 25.2. The van der Waals surface area contributed by atoms with E-state index >= 15 is 0 Å². The molecule has 0 N–H and O–H groups in total. The molecular formula is C15H19F2NO4. The number of carbonyl (C=O) groups is 2. The first-order valence-electron chi connectivity index (χ1n) is 6.71. The molecule has 0 spiro atoms. The van der Waals surface area contributed by atoms with Crippen LogP contribution in [0.1, 0.15) is 17.3 Å². The highest BCUT2D eigenvalue weighted by molar-refractivity contribution is 5.94. The maximum absolute atomic E-state index is 13.3. The quantitative estimate of drug-likeness (QED) is 0.721. The molecule has 1 amide bonds. The van der Waals surface area contributed by atoms with Gasteiger partial charge in [-0.25, -0.2) is 8.78 Å². The predicted molar refractivity (Wildman–Crippen MR) is 75.3 cm³/mol. The molecule has 1 atom stereocenters. The zero-order valence-electron chi connectivity index (χ0n) is 12.8. The van der Waals surface area contributed by atoms with E-state index in [1.165, 1.54) is 25.2 Å². The lowest BCUT2D eigenvalue weighted by atomic mass is 10.1. The van der Waals surface area contributed by atoms with Gasteiger partial charge in [-0.15, -0.1) is 0 Å². The van der Waals surface area contributed by atoms with Gasteiger partial charge in [-0.3, -0.25) is 9.59 Å². The summed E-state index contributed by atoms with van der Waals surface area (Å²) < 4.78 is 35.7. The number of amides is 1. The van der Waals surface area contributed by atoms with Gasteiger partial charge in [0.15, 0.2) is 11.6 Å². The molecule has 0 saturated heterocycles. The summed E-state index contributed by atoms with van der Waals surface area (Å²) in [5, 5.41) is 0. The van der Waals surface area contributed by atoms with Crippen LogP contribution in [0.15, 0.2) is 18.2 Å². The smallest absolute Gasteiger partial charge is 0.310 e. The van der Waals surface area contributed by atoms with E-state index in [-0.39, 0.29) is 25.3 Å². The van der Waals surface area contributed by atoms with E-state index in [1.54, 1.807) is 6.92 Å². The second-order valence-corrected chi connectivity index (χ2v) is 4.80. The molecule has 122 valence electrons. The van der Waals surface area contributed by atoms with Crippen LogP contribution >= 0.6 is 0 Å². The van der Waals surface area contributed by atoms with Crippen molar-refractivity contribution in [3.63, 3.8) is 0 Å². The highest BCUT2D eigenvalue weighted by atomic mass is 19.2. The second kappa shape index (κ2) is 8.43. The van der Waals surface area contributed by atoms with Crippen LogP contribution in [0.5, 0.6) is 0 Å². The summed E-state index contributed by atoms with van der Waals surface area (Å²) >= 11 is 0. The summed E-state index contributed by atoms with van der Waals surface area (Å²) in [6.07, 6.45) is 0. The number of hydrogen-bond donors (Lipinski definition) is 0. The summed E-state index contributed by atoms with van der Waals surface area (Å²) in [7, 11) is 2.74. The molecule has 0 aromatic heterocycles. The zero-order chi connectivity index (χ0) is 16.7. The maximum Gasteiger partial charge on any atom is 0.310 e. The standard InChI is InChI=1S/C15H19F2NO4/c1-10(15(20)22-3)9-18(6-7-21-2)14(19)11-4-5-12(16)13(17)8-11/h4-5,8,10H,6-7,9H2,1-3H3. The summed E-state index contributed by atoms with van der Waals surface area (Å²) in [5.74, 6) is -3.63. The Hall–Kier alpha value is -2.02. The molecule has 0 aliphatic rings. The molecule has 0 aliphatic heterocycles. The average Bonchev–Trinajstić information content (AvgIpc) is 2.52. The molecule has 1 rings (SSSR count). The van der Waals surface area contributed by atoms with E-state index in [2.05, 4.69) is 4.74 Å². The first-order chi connectivity index (χ1) is 10.4. The molecular weight excluding hydrogens is 296 g/mol. The molecule has 1 aromatic rings. The number of rotatable bonds is 7. The lowest BCUT2D eigenvalue weighted by molar-refractivity contribution is -0.145. The monoisotopic (exact) mass is 315 g/mol.